The molecule has 5 rings (SSSR count). The van der Waals surface area contributed by atoms with E-state index >= 15 is 0 Å². The van der Waals surface area contributed by atoms with Crippen LogP contribution in [0.1, 0.15) is 18.4 Å². The summed E-state index contributed by atoms with van der Waals surface area (Å²) in [5.74, 6) is 0.532. The SMILES string of the molecule is CN1CC(=O)N(Cc2ccc(-c3ccc4c(nnn4CC4CC4)c3Cl)cc2)C1=O. The highest BCUT2D eigenvalue weighted by molar-refractivity contribution is 6.37. The second-order valence-corrected chi connectivity index (χ2v) is 8.20. The molecule has 7 nitrogen and oxygen atoms in total. The van der Waals surface area contributed by atoms with Gasteiger partial charge in [-0.1, -0.05) is 47.1 Å². The average Bonchev–Trinajstić information content (AvgIpc) is 3.39. The van der Waals surface area contributed by atoms with E-state index in [1.807, 2.05) is 41.1 Å². The molecule has 148 valence electrons. The fourth-order valence-corrected chi connectivity index (χ4v) is 4.01. The molecular weight excluding hydrogens is 390 g/mol. The zero-order chi connectivity index (χ0) is 20.1. The van der Waals surface area contributed by atoms with Crippen molar-refractivity contribution in [3.63, 3.8) is 0 Å². The summed E-state index contributed by atoms with van der Waals surface area (Å²) in [6, 6.07) is 11.5. The number of nitrogens with zero attached hydrogens (tertiary/aromatic N) is 5. The summed E-state index contributed by atoms with van der Waals surface area (Å²) in [6.45, 7) is 1.29. The predicted molar refractivity (Wildman–Crippen MR) is 109 cm³/mol. The van der Waals surface area contributed by atoms with Crippen LogP contribution >= 0.6 is 11.6 Å². The molecule has 29 heavy (non-hydrogen) atoms. The molecular formula is C21H20ClN5O2. The summed E-state index contributed by atoms with van der Waals surface area (Å²) in [7, 11) is 1.63. The lowest BCUT2D eigenvalue weighted by Crippen LogP contribution is -2.30. The number of amides is 3. The number of rotatable bonds is 5. The summed E-state index contributed by atoms with van der Waals surface area (Å²) >= 11 is 6.65. The van der Waals surface area contributed by atoms with Gasteiger partial charge in [-0.3, -0.25) is 9.69 Å². The number of aromatic nitrogens is 3. The predicted octanol–water partition coefficient (Wildman–Crippen LogP) is 3.56. The minimum Gasteiger partial charge on any atom is -0.318 e. The number of fused-ring (bicyclic) bond motifs is 1. The van der Waals surface area contributed by atoms with Gasteiger partial charge < -0.3 is 4.90 Å². The number of halogens is 1. The first-order valence-corrected chi connectivity index (χ1v) is 10.1. The Balaban J connectivity index is 1.39. The van der Waals surface area contributed by atoms with Gasteiger partial charge in [-0.15, -0.1) is 5.10 Å². The standard InChI is InChI=1S/C21H20ClN5O2/c1-25-12-18(28)26(21(25)29)10-13-4-6-15(7-5-13)16-8-9-17-20(19(16)22)23-24-27(17)11-14-2-3-14/h4-9,14H,2-3,10-12H2,1H3. The summed E-state index contributed by atoms with van der Waals surface area (Å²) in [5.41, 5.74) is 4.40. The van der Waals surface area contributed by atoms with Crippen molar-refractivity contribution in [1.82, 2.24) is 24.8 Å². The van der Waals surface area contributed by atoms with Crippen molar-refractivity contribution in [2.75, 3.05) is 13.6 Å². The first-order chi connectivity index (χ1) is 14.0. The van der Waals surface area contributed by atoms with E-state index in [-0.39, 0.29) is 25.0 Å². The molecule has 0 spiro atoms. The van der Waals surface area contributed by atoms with E-state index in [1.165, 1.54) is 22.6 Å². The third-order valence-corrected chi connectivity index (χ3v) is 5.97. The Bertz CT molecular complexity index is 1120. The van der Waals surface area contributed by atoms with E-state index in [0.29, 0.717) is 16.5 Å². The Hall–Kier alpha value is -2.93. The van der Waals surface area contributed by atoms with E-state index in [2.05, 4.69) is 10.3 Å². The average molecular weight is 410 g/mol. The number of carbonyl (C=O) groups is 2. The highest BCUT2D eigenvalue weighted by Crippen LogP contribution is 2.35. The van der Waals surface area contributed by atoms with Crippen LogP contribution in [0.2, 0.25) is 5.02 Å². The van der Waals surface area contributed by atoms with E-state index in [9.17, 15) is 9.59 Å². The summed E-state index contributed by atoms with van der Waals surface area (Å²) < 4.78 is 1.94. The molecule has 1 saturated carbocycles. The van der Waals surface area contributed by atoms with Crippen molar-refractivity contribution in [3.05, 3.63) is 47.0 Å². The van der Waals surface area contributed by atoms with Gasteiger partial charge in [-0.2, -0.15) is 0 Å². The second-order valence-electron chi connectivity index (χ2n) is 7.83. The highest BCUT2D eigenvalue weighted by atomic mass is 35.5. The zero-order valence-electron chi connectivity index (χ0n) is 16.0. The van der Waals surface area contributed by atoms with Crippen LogP contribution in [0.4, 0.5) is 4.79 Å². The van der Waals surface area contributed by atoms with E-state index in [0.717, 1.165) is 28.8 Å². The van der Waals surface area contributed by atoms with Gasteiger partial charge in [-0.05, 0) is 36.0 Å². The highest BCUT2D eigenvalue weighted by Gasteiger charge is 2.33. The lowest BCUT2D eigenvalue weighted by atomic mass is 10.0. The van der Waals surface area contributed by atoms with Crippen LogP contribution in [-0.2, 0) is 17.9 Å². The summed E-state index contributed by atoms with van der Waals surface area (Å²) in [6.07, 6.45) is 2.51. The topological polar surface area (TPSA) is 71.3 Å². The maximum atomic E-state index is 12.0. The van der Waals surface area contributed by atoms with Gasteiger partial charge in [0.25, 0.3) is 5.91 Å². The van der Waals surface area contributed by atoms with Crippen LogP contribution in [-0.4, -0.2) is 50.3 Å². The van der Waals surface area contributed by atoms with Gasteiger partial charge in [0.2, 0.25) is 0 Å². The molecule has 2 fully saturated rings. The lowest BCUT2D eigenvalue weighted by Gasteiger charge is -2.14. The van der Waals surface area contributed by atoms with Crippen molar-refractivity contribution in [2.24, 2.45) is 5.92 Å². The number of hydrogen-bond donors (Lipinski definition) is 0. The fraction of sp³-hybridized carbons (Fsp3) is 0.333. The third kappa shape index (κ3) is 3.25. The number of hydrogen-bond acceptors (Lipinski definition) is 4. The van der Waals surface area contributed by atoms with E-state index in [1.54, 1.807) is 7.05 Å². The largest absolute Gasteiger partial charge is 0.327 e. The Morgan fingerprint density at radius 1 is 1.10 bits per heavy atom. The van der Waals surface area contributed by atoms with Crippen molar-refractivity contribution in [1.29, 1.82) is 0 Å². The number of imide groups is 1. The van der Waals surface area contributed by atoms with Crippen LogP contribution in [0.3, 0.4) is 0 Å². The van der Waals surface area contributed by atoms with Crippen molar-refractivity contribution in [3.8, 4) is 11.1 Å². The number of urea groups is 1. The first-order valence-electron chi connectivity index (χ1n) is 9.68. The van der Waals surface area contributed by atoms with Gasteiger partial charge in [-0.25, -0.2) is 9.48 Å². The van der Waals surface area contributed by atoms with Gasteiger partial charge in [0.15, 0.2) is 0 Å². The number of carbonyl (C=O) groups excluding carboxylic acids is 2. The Morgan fingerprint density at radius 2 is 1.86 bits per heavy atom. The molecule has 0 bridgehead atoms. The molecule has 2 aliphatic rings. The minimum absolute atomic E-state index is 0.133. The Labute approximate surface area is 172 Å². The van der Waals surface area contributed by atoms with Crippen molar-refractivity contribution >= 4 is 34.6 Å². The summed E-state index contributed by atoms with van der Waals surface area (Å²) in [4.78, 5) is 26.7. The molecule has 0 unspecified atom stereocenters. The third-order valence-electron chi connectivity index (χ3n) is 5.59. The first kappa shape index (κ1) is 18.1. The Morgan fingerprint density at radius 3 is 2.52 bits per heavy atom. The van der Waals surface area contributed by atoms with E-state index < -0.39 is 0 Å². The number of benzene rings is 2. The molecule has 3 amide bonds. The van der Waals surface area contributed by atoms with Crippen LogP contribution in [0.25, 0.3) is 22.2 Å². The molecule has 3 aromatic rings. The molecule has 1 aliphatic carbocycles. The quantitative estimate of drug-likeness (QED) is 0.604. The molecule has 1 aromatic heterocycles. The molecule has 1 saturated heterocycles. The molecule has 2 aromatic carbocycles. The lowest BCUT2D eigenvalue weighted by molar-refractivity contribution is -0.125. The molecule has 1 aliphatic heterocycles. The minimum atomic E-state index is -0.262. The molecule has 8 heteroatoms. The number of likely N-dealkylation sites (N-methyl/N-ethyl adjacent to an activating group) is 1. The van der Waals surface area contributed by atoms with E-state index in [4.69, 9.17) is 11.6 Å². The van der Waals surface area contributed by atoms with Gasteiger partial charge in [0.1, 0.15) is 12.1 Å². The van der Waals surface area contributed by atoms with Crippen LogP contribution in [0, 0.1) is 5.92 Å². The van der Waals surface area contributed by atoms with Crippen LogP contribution in [0.15, 0.2) is 36.4 Å². The van der Waals surface area contributed by atoms with Gasteiger partial charge >= 0.3 is 6.03 Å². The van der Waals surface area contributed by atoms with Crippen LogP contribution < -0.4 is 0 Å². The normalized spacial score (nSPS) is 17.0. The monoisotopic (exact) mass is 409 g/mol. The smallest absolute Gasteiger partial charge is 0.318 e. The fourth-order valence-electron chi connectivity index (χ4n) is 3.70. The van der Waals surface area contributed by atoms with Crippen molar-refractivity contribution < 1.29 is 9.59 Å². The van der Waals surface area contributed by atoms with Gasteiger partial charge in [0.05, 0.1) is 17.1 Å². The molecule has 0 radical (unpaired) electrons. The molecule has 0 N–H and O–H groups in total. The molecule has 2 heterocycles. The van der Waals surface area contributed by atoms with Crippen LogP contribution in [0.5, 0.6) is 0 Å². The maximum absolute atomic E-state index is 12.0. The second kappa shape index (κ2) is 6.84. The zero-order valence-corrected chi connectivity index (χ0v) is 16.8. The maximum Gasteiger partial charge on any atom is 0.327 e. The molecule has 0 atom stereocenters. The Kier molecular flexibility index (Phi) is 4.28. The summed E-state index contributed by atoms with van der Waals surface area (Å²) in [5, 5.41) is 9.15. The van der Waals surface area contributed by atoms with Gasteiger partial charge in [0, 0.05) is 19.2 Å². The van der Waals surface area contributed by atoms with Crippen molar-refractivity contribution in [2.45, 2.75) is 25.9 Å².